The molecule has 0 radical (unpaired) electrons. The van der Waals surface area contributed by atoms with Gasteiger partial charge in [-0.1, -0.05) is 0 Å². The van der Waals surface area contributed by atoms with Crippen molar-refractivity contribution in [3.63, 3.8) is 0 Å². The Kier molecular flexibility index (Phi) is 3.98. The van der Waals surface area contributed by atoms with Crippen LogP contribution in [0.5, 0.6) is 0 Å². The van der Waals surface area contributed by atoms with Gasteiger partial charge in [0, 0.05) is 25.8 Å². The summed E-state index contributed by atoms with van der Waals surface area (Å²) >= 11 is 0. The number of hydrogen-bond donors (Lipinski definition) is 1. The second-order valence-electron chi connectivity index (χ2n) is 3.63. The van der Waals surface area contributed by atoms with Crippen LogP contribution >= 0.6 is 0 Å². The van der Waals surface area contributed by atoms with E-state index < -0.39 is 0 Å². The molecule has 1 unspecified atom stereocenters. The van der Waals surface area contributed by atoms with Gasteiger partial charge in [-0.2, -0.15) is 0 Å². The average Bonchev–Trinajstić information content (AvgIpc) is 2.05. The van der Waals surface area contributed by atoms with E-state index in [-0.39, 0.29) is 6.10 Å². The van der Waals surface area contributed by atoms with Crippen molar-refractivity contribution in [2.24, 2.45) is 0 Å². The maximum Gasteiger partial charge on any atom is 0.0639 e. The molecule has 1 fully saturated rings. The zero-order chi connectivity index (χ0) is 8.97. The third-order valence-corrected chi connectivity index (χ3v) is 2.37. The molecule has 1 saturated heterocycles. The van der Waals surface area contributed by atoms with E-state index in [9.17, 15) is 5.11 Å². The fourth-order valence-corrected chi connectivity index (χ4v) is 1.69. The molecule has 0 spiro atoms. The van der Waals surface area contributed by atoms with Crippen LogP contribution in [0.4, 0.5) is 0 Å². The highest BCUT2D eigenvalue weighted by atomic mass is 16.5. The van der Waals surface area contributed by atoms with E-state index in [0.29, 0.717) is 6.04 Å². The first-order valence-electron chi connectivity index (χ1n) is 4.66. The van der Waals surface area contributed by atoms with Crippen molar-refractivity contribution in [2.75, 3.05) is 26.8 Å². The first-order valence-corrected chi connectivity index (χ1v) is 4.66. The van der Waals surface area contributed by atoms with Crippen LogP contribution in [0.1, 0.15) is 19.8 Å². The summed E-state index contributed by atoms with van der Waals surface area (Å²) in [5.74, 6) is 0. The minimum Gasteiger partial charge on any atom is -0.392 e. The van der Waals surface area contributed by atoms with Crippen molar-refractivity contribution in [3.8, 4) is 0 Å². The van der Waals surface area contributed by atoms with E-state index in [1.165, 1.54) is 0 Å². The fraction of sp³-hybridized carbons (Fsp3) is 1.00. The molecule has 1 heterocycles. The SMILES string of the molecule is CC(O)CN(C)C1CCOCC1. The molecule has 1 rings (SSSR count). The Morgan fingerprint density at radius 3 is 2.58 bits per heavy atom. The predicted octanol–water partition coefficient (Wildman–Crippen LogP) is 0.478. The topological polar surface area (TPSA) is 32.7 Å². The van der Waals surface area contributed by atoms with Gasteiger partial charge in [0.25, 0.3) is 0 Å². The molecular formula is C9H19NO2. The lowest BCUT2D eigenvalue weighted by Crippen LogP contribution is -2.40. The molecule has 0 aromatic carbocycles. The van der Waals surface area contributed by atoms with Gasteiger partial charge in [0.2, 0.25) is 0 Å². The van der Waals surface area contributed by atoms with Crippen LogP contribution in [0.25, 0.3) is 0 Å². The number of likely N-dealkylation sites (N-methyl/N-ethyl adjacent to an activating group) is 1. The molecule has 0 aliphatic carbocycles. The van der Waals surface area contributed by atoms with E-state index in [0.717, 1.165) is 32.6 Å². The predicted molar refractivity (Wildman–Crippen MR) is 48.2 cm³/mol. The highest BCUT2D eigenvalue weighted by Gasteiger charge is 2.18. The molecule has 3 heteroatoms. The number of nitrogens with zero attached hydrogens (tertiary/aromatic N) is 1. The highest BCUT2D eigenvalue weighted by Crippen LogP contribution is 2.12. The summed E-state index contributed by atoms with van der Waals surface area (Å²) in [4.78, 5) is 2.23. The van der Waals surface area contributed by atoms with Gasteiger partial charge in [-0.15, -0.1) is 0 Å². The Hall–Kier alpha value is -0.120. The number of aliphatic hydroxyl groups excluding tert-OH is 1. The maximum atomic E-state index is 9.18. The van der Waals surface area contributed by atoms with Crippen LogP contribution in [0.3, 0.4) is 0 Å². The molecule has 1 N–H and O–H groups in total. The first kappa shape index (κ1) is 9.96. The van der Waals surface area contributed by atoms with E-state index in [2.05, 4.69) is 11.9 Å². The summed E-state index contributed by atoms with van der Waals surface area (Å²) in [5.41, 5.74) is 0. The zero-order valence-corrected chi connectivity index (χ0v) is 7.99. The van der Waals surface area contributed by atoms with Crippen molar-refractivity contribution in [1.82, 2.24) is 4.90 Å². The second-order valence-corrected chi connectivity index (χ2v) is 3.63. The third kappa shape index (κ3) is 3.09. The molecule has 3 nitrogen and oxygen atoms in total. The Balaban J connectivity index is 2.24. The molecule has 1 aliphatic heterocycles. The number of rotatable bonds is 3. The summed E-state index contributed by atoms with van der Waals surface area (Å²) in [7, 11) is 2.07. The van der Waals surface area contributed by atoms with Crippen LogP contribution < -0.4 is 0 Å². The van der Waals surface area contributed by atoms with Crippen molar-refractivity contribution in [2.45, 2.75) is 31.9 Å². The normalized spacial score (nSPS) is 23.0. The summed E-state index contributed by atoms with van der Waals surface area (Å²) in [5, 5.41) is 9.18. The van der Waals surface area contributed by atoms with Crippen molar-refractivity contribution < 1.29 is 9.84 Å². The van der Waals surface area contributed by atoms with Gasteiger partial charge in [-0.05, 0) is 26.8 Å². The molecule has 1 aliphatic rings. The Morgan fingerprint density at radius 1 is 1.50 bits per heavy atom. The highest BCUT2D eigenvalue weighted by molar-refractivity contribution is 4.72. The summed E-state index contributed by atoms with van der Waals surface area (Å²) in [6.45, 7) is 4.34. The molecular weight excluding hydrogens is 154 g/mol. The molecule has 0 amide bonds. The van der Waals surface area contributed by atoms with Crippen LogP contribution in [0, 0.1) is 0 Å². The van der Waals surface area contributed by atoms with Gasteiger partial charge < -0.3 is 14.7 Å². The van der Waals surface area contributed by atoms with Crippen molar-refractivity contribution in [1.29, 1.82) is 0 Å². The monoisotopic (exact) mass is 173 g/mol. The van der Waals surface area contributed by atoms with E-state index in [1.54, 1.807) is 0 Å². The molecule has 12 heavy (non-hydrogen) atoms. The van der Waals surface area contributed by atoms with Crippen LogP contribution in [-0.4, -0.2) is 49.0 Å². The van der Waals surface area contributed by atoms with Crippen molar-refractivity contribution in [3.05, 3.63) is 0 Å². The zero-order valence-electron chi connectivity index (χ0n) is 7.99. The van der Waals surface area contributed by atoms with Gasteiger partial charge in [0.05, 0.1) is 6.10 Å². The fourth-order valence-electron chi connectivity index (χ4n) is 1.69. The number of ether oxygens (including phenoxy) is 1. The van der Waals surface area contributed by atoms with Crippen LogP contribution in [0.2, 0.25) is 0 Å². The number of hydrogen-bond acceptors (Lipinski definition) is 3. The number of aliphatic hydroxyl groups is 1. The summed E-state index contributed by atoms with van der Waals surface area (Å²) in [6.07, 6.45) is 1.98. The lowest BCUT2D eigenvalue weighted by molar-refractivity contribution is 0.0284. The standard InChI is InChI=1S/C9H19NO2/c1-8(11)7-10(2)9-3-5-12-6-4-9/h8-9,11H,3-7H2,1-2H3. The largest absolute Gasteiger partial charge is 0.392 e. The van der Waals surface area contributed by atoms with Gasteiger partial charge in [0.1, 0.15) is 0 Å². The van der Waals surface area contributed by atoms with Crippen LogP contribution in [0.15, 0.2) is 0 Å². The lowest BCUT2D eigenvalue weighted by atomic mass is 10.1. The summed E-state index contributed by atoms with van der Waals surface area (Å²) < 4.78 is 5.27. The second kappa shape index (κ2) is 4.80. The smallest absolute Gasteiger partial charge is 0.0639 e. The molecule has 0 saturated carbocycles. The minimum atomic E-state index is -0.224. The third-order valence-electron chi connectivity index (χ3n) is 2.37. The molecule has 1 atom stereocenters. The minimum absolute atomic E-state index is 0.224. The van der Waals surface area contributed by atoms with Gasteiger partial charge in [-0.3, -0.25) is 0 Å². The van der Waals surface area contributed by atoms with Crippen LogP contribution in [-0.2, 0) is 4.74 Å². The molecule has 0 aromatic heterocycles. The van der Waals surface area contributed by atoms with Gasteiger partial charge >= 0.3 is 0 Å². The Bertz CT molecular complexity index is 122. The van der Waals surface area contributed by atoms with Crippen molar-refractivity contribution >= 4 is 0 Å². The maximum absolute atomic E-state index is 9.18. The molecule has 0 bridgehead atoms. The summed E-state index contributed by atoms with van der Waals surface area (Å²) in [6, 6.07) is 0.605. The first-order chi connectivity index (χ1) is 5.70. The molecule has 0 aromatic rings. The average molecular weight is 173 g/mol. The van der Waals surface area contributed by atoms with Gasteiger partial charge in [0.15, 0.2) is 0 Å². The molecule has 72 valence electrons. The lowest BCUT2D eigenvalue weighted by Gasteiger charge is -2.31. The Labute approximate surface area is 74.3 Å². The van der Waals surface area contributed by atoms with E-state index in [4.69, 9.17) is 4.74 Å². The van der Waals surface area contributed by atoms with E-state index >= 15 is 0 Å². The van der Waals surface area contributed by atoms with E-state index in [1.807, 2.05) is 6.92 Å². The van der Waals surface area contributed by atoms with Gasteiger partial charge in [-0.25, -0.2) is 0 Å². The Morgan fingerprint density at radius 2 is 2.08 bits per heavy atom. The quantitative estimate of drug-likeness (QED) is 0.673.